The molecular formula is C24H28N2O5. The number of fused-ring (bicyclic) bond motifs is 1. The largest absolute Gasteiger partial charge is 0.493 e. The molecule has 1 unspecified atom stereocenters. The zero-order valence-corrected chi connectivity index (χ0v) is 18.2. The molecule has 1 atom stereocenters. The fourth-order valence-corrected chi connectivity index (χ4v) is 4.39. The lowest BCUT2D eigenvalue weighted by molar-refractivity contribution is 0.0610. The van der Waals surface area contributed by atoms with E-state index in [2.05, 4.69) is 4.90 Å². The molecule has 2 aliphatic rings. The maximum Gasteiger partial charge on any atom is 0.415 e. The summed E-state index contributed by atoms with van der Waals surface area (Å²) in [5.74, 6) is 1.84. The monoisotopic (exact) mass is 424 g/mol. The highest BCUT2D eigenvalue weighted by Gasteiger charge is 2.35. The fourth-order valence-electron chi connectivity index (χ4n) is 4.39. The van der Waals surface area contributed by atoms with Crippen LogP contribution in [0.4, 0.5) is 4.79 Å². The minimum atomic E-state index is -0.286. The van der Waals surface area contributed by atoms with Crippen LogP contribution in [-0.4, -0.2) is 61.1 Å². The third-order valence-electron chi connectivity index (χ3n) is 6.28. The van der Waals surface area contributed by atoms with Gasteiger partial charge in [-0.15, -0.1) is 0 Å². The van der Waals surface area contributed by atoms with E-state index in [9.17, 15) is 9.59 Å². The lowest BCUT2D eigenvalue weighted by Crippen LogP contribution is -2.52. The number of carbonyl (C=O) groups is 2. The number of rotatable bonds is 6. The smallest absolute Gasteiger partial charge is 0.415 e. The quantitative estimate of drug-likeness (QED) is 0.658. The SMILES string of the molecule is COc1ccc(C(=O)C(C)N2CCC(N3Cc4ccccc4OC3=O)CC2)cc1OC. The summed E-state index contributed by atoms with van der Waals surface area (Å²) in [4.78, 5) is 29.6. The number of hydrogen-bond donors (Lipinski definition) is 0. The number of amides is 1. The van der Waals surface area contributed by atoms with Crippen LogP contribution in [0.1, 0.15) is 35.7 Å². The van der Waals surface area contributed by atoms with Gasteiger partial charge in [0, 0.05) is 30.3 Å². The molecule has 2 aliphatic heterocycles. The molecule has 0 aliphatic carbocycles. The summed E-state index contributed by atoms with van der Waals surface area (Å²) < 4.78 is 16.1. The van der Waals surface area contributed by atoms with Gasteiger partial charge in [0.15, 0.2) is 17.3 Å². The summed E-state index contributed by atoms with van der Waals surface area (Å²) in [6.45, 7) is 4.00. The molecule has 0 saturated carbocycles. The summed E-state index contributed by atoms with van der Waals surface area (Å²) in [5, 5.41) is 0. The van der Waals surface area contributed by atoms with Crippen LogP contribution in [0.5, 0.6) is 17.2 Å². The number of nitrogens with zero attached hydrogens (tertiary/aromatic N) is 2. The van der Waals surface area contributed by atoms with Gasteiger partial charge in [0.05, 0.1) is 26.8 Å². The number of likely N-dealkylation sites (tertiary alicyclic amines) is 1. The van der Waals surface area contributed by atoms with Gasteiger partial charge in [0.2, 0.25) is 0 Å². The number of carbonyl (C=O) groups excluding carboxylic acids is 2. The third kappa shape index (κ3) is 4.23. The van der Waals surface area contributed by atoms with E-state index >= 15 is 0 Å². The van der Waals surface area contributed by atoms with Crippen molar-refractivity contribution in [2.24, 2.45) is 0 Å². The van der Waals surface area contributed by atoms with E-state index in [1.807, 2.05) is 36.1 Å². The van der Waals surface area contributed by atoms with Gasteiger partial charge in [-0.05, 0) is 44.0 Å². The topological polar surface area (TPSA) is 68.3 Å². The molecular weight excluding hydrogens is 396 g/mol. The number of methoxy groups -OCH3 is 2. The molecule has 0 bridgehead atoms. The molecule has 0 aromatic heterocycles. The minimum absolute atomic E-state index is 0.0470. The van der Waals surface area contributed by atoms with E-state index in [1.54, 1.807) is 32.4 Å². The standard InChI is InChI=1S/C24H28N2O5/c1-16(23(27)17-8-9-21(29-2)22(14-17)30-3)25-12-10-19(11-13-25)26-15-18-6-4-5-7-20(18)31-24(26)28/h4-9,14,16,19H,10-13,15H2,1-3H3. The Morgan fingerprint density at radius 3 is 2.48 bits per heavy atom. The molecule has 2 aromatic rings. The van der Waals surface area contributed by atoms with Crippen molar-refractivity contribution < 1.29 is 23.8 Å². The maximum atomic E-state index is 13.1. The van der Waals surface area contributed by atoms with Crippen molar-refractivity contribution in [2.75, 3.05) is 27.3 Å². The predicted molar refractivity (Wildman–Crippen MR) is 116 cm³/mol. The van der Waals surface area contributed by atoms with Gasteiger partial charge in [-0.1, -0.05) is 18.2 Å². The lowest BCUT2D eigenvalue weighted by Gasteiger charge is -2.41. The summed E-state index contributed by atoms with van der Waals surface area (Å²) >= 11 is 0. The average molecular weight is 424 g/mol. The van der Waals surface area contributed by atoms with Gasteiger partial charge in [-0.3, -0.25) is 9.69 Å². The molecule has 2 heterocycles. The molecule has 1 fully saturated rings. The van der Waals surface area contributed by atoms with Gasteiger partial charge >= 0.3 is 6.09 Å². The number of Topliss-reactive ketones (excluding diaryl/α,β-unsaturated/α-hetero) is 1. The number of ether oxygens (including phenoxy) is 3. The number of hydrogen-bond acceptors (Lipinski definition) is 6. The molecule has 1 amide bonds. The third-order valence-corrected chi connectivity index (χ3v) is 6.28. The first kappa shape index (κ1) is 21.2. The Hall–Kier alpha value is -3.06. The van der Waals surface area contributed by atoms with Gasteiger partial charge in [0.25, 0.3) is 0 Å². The normalized spacial score (nSPS) is 18.2. The Balaban J connectivity index is 1.38. The number of piperidine rings is 1. The van der Waals surface area contributed by atoms with E-state index in [0.717, 1.165) is 31.5 Å². The molecule has 7 nitrogen and oxygen atoms in total. The van der Waals surface area contributed by atoms with E-state index in [-0.39, 0.29) is 24.0 Å². The van der Waals surface area contributed by atoms with Crippen molar-refractivity contribution in [1.29, 1.82) is 0 Å². The van der Waals surface area contributed by atoms with Crippen molar-refractivity contribution in [1.82, 2.24) is 9.80 Å². The Bertz CT molecular complexity index is 968. The summed E-state index contributed by atoms with van der Waals surface area (Å²) in [5.41, 5.74) is 1.63. The van der Waals surface area contributed by atoms with Crippen molar-refractivity contribution in [2.45, 2.75) is 38.4 Å². The predicted octanol–water partition coefficient (Wildman–Crippen LogP) is 3.75. The second-order valence-electron chi connectivity index (χ2n) is 7.98. The number of benzene rings is 2. The molecule has 0 N–H and O–H groups in total. The van der Waals surface area contributed by atoms with Crippen LogP contribution in [0.15, 0.2) is 42.5 Å². The zero-order valence-electron chi connectivity index (χ0n) is 18.2. The lowest BCUT2D eigenvalue weighted by atomic mass is 9.97. The van der Waals surface area contributed by atoms with Crippen molar-refractivity contribution in [3.8, 4) is 17.2 Å². The fraction of sp³-hybridized carbons (Fsp3) is 0.417. The zero-order chi connectivity index (χ0) is 22.0. The molecule has 7 heteroatoms. The Morgan fingerprint density at radius 2 is 1.77 bits per heavy atom. The van der Waals surface area contributed by atoms with Crippen molar-refractivity contribution in [3.05, 3.63) is 53.6 Å². The van der Waals surface area contributed by atoms with Crippen LogP contribution >= 0.6 is 0 Å². The van der Waals surface area contributed by atoms with Gasteiger partial charge in [-0.2, -0.15) is 0 Å². The van der Waals surface area contributed by atoms with Crippen LogP contribution in [-0.2, 0) is 6.54 Å². The molecule has 0 radical (unpaired) electrons. The minimum Gasteiger partial charge on any atom is -0.493 e. The van der Waals surface area contributed by atoms with Gasteiger partial charge in [-0.25, -0.2) is 4.79 Å². The van der Waals surface area contributed by atoms with E-state index in [0.29, 0.717) is 29.4 Å². The molecule has 2 aromatic carbocycles. The Labute approximate surface area is 182 Å². The summed E-state index contributed by atoms with van der Waals surface area (Å²) in [6, 6.07) is 12.8. The van der Waals surface area contributed by atoms with E-state index in [1.165, 1.54) is 0 Å². The summed E-state index contributed by atoms with van der Waals surface area (Å²) in [6.07, 6.45) is 1.33. The maximum absolute atomic E-state index is 13.1. The molecule has 164 valence electrons. The van der Waals surface area contributed by atoms with Crippen LogP contribution < -0.4 is 14.2 Å². The van der Waals surface area contributed by atoms with Crippen LogP contribution in [0.2, 0.25) is 0 Å². The first-order valence-corrected chi connectivity index (χ1v) is 10.6. The second kappa shape index (κ2) is 8.98. The van der Waals surface area contributed by atoms with Gasteiger partial charge < -0.3 is 19.1 Å². The molecule has 4 rings (SSSR count). The molecule has 1 saturated heterocycles. The van der Waals surface area contributed by atoms with Crippen LogP contribution in [0, 0.1) is 0 Å². The Morgan fingerprint density at radius 1 is 1.06 bits per heavy atom. The molecule has 31 heavy (non-hydrogen) atoms. The summed E-state index contributed by atoms with van der Waals surface area (Å²) in [7, 11) is 3.13. The highest BCUT2D eigenvalue weighted by molar-refractivity contribution is 6.00. The first-order valence-electron chi connectivity index (χ1n) is 10.6. The van der Waals surface area contributed by atoms with E-state index in [4.69, 9.17) is 14.2 Å². The van der Waals surface area contributed by atoms with Crippen LogP contribution in [0.25, 0.3) is 0 Å². The Kier molecular flexibility index (Phi) is 6.13. The van der Waals surface area contributed by atoms with E-state index < -0.39 is 0 Å². The average Bonchev–Trinajstić information content (AvgIpc) is 2.82. The highest BCUT2D eigenvalue weighted by atomic mass is 16.6. The highest BCUT2D eigenvalue weighted by Crippen LogP contribution is 2.31. The van der Waals surface area contributed by atoms with Crippen molar-refractivity contribution >= 4 is 11.9 Å². The second-order valence-corrected chi connectivity index (χ2v) is 7.98. The first-order chi connectivity index (χ1) is 15.0. The van der Waals surface area contributed by atoms with Crippen LogP contribution in [0.3, 0.4) is 0 Å². The molecule has 0 spiro atoms. The van der Waals surface area contributed by atoms with Crippen molar-refractivity contribution in [3.63, 3.8) is 0 Å². The number of para-hydroxylation sites is 1. The van der Waals surface area contributed by atoms with Gasteiger partial charge in [0.1, 0.15) is 5.75 Å². The number of ketones is 1.